The number of hydrogen-bond donors (Lipinski definition) is 1. The second-order valence-electron chi connectivity index (χ2n) is 4.18. The fourth-order valence-electron chi connectivity index (χ4n) is 1.59. The molecule has 0 radical (unpaired) electrons. The molecule has 0 aliphatic heterocycles. The summed E-state index contributed by atoms with van der Waals surface area (Å²) >= 11 is 3.24. The van der Waals surface area contributed by atoms with Crippen LogP contribution < -0.4 is 0 Å². The first-order chi connectivity index (χ1) is 8.93. The highest BCUT2D eigenvalue weighted by Gasteiger charge is 2.23. The van der Waals surface area contributed by atoms with E-state index in [9.17, 15) is 8.42 Å². The van der Waals surface area contributed by atoms with Gasteiger partial charge in [0.25, 0.3) is 0 Å². The van der Waals surface area contributed by atoms with Crippen molar-refractivity contribution in [2.24, 2.45) is 0 Å². The van der Waals surface area contributed by atoms with E-state index in [0.717, 1.165) is 12.8 Å². The van der Waals surface area contributed by atoms with Gasteiger partial charge in [0.2, 0.25) is 10.0 Å². The molecule has 1 aromatic rings. The molecule has 0 aromatic heterocycles. The number of aliphatic hydroxyl groups excluding tert-OH is 1. The average molecular weight is 348 g/mol. The highest BCUT2D eigenvalue weighted by Crippen LogP contribution is 2.26. The first-order valence-electron chi connectivity index (χ1n) is 5.90. The van der Waals surface area contributed by atoms with Crippen LogP contribution in [0.1, 0.15) is 18.4 Å². The Morgan fingerprint density at radius 1 is 1.47 bits per heavy atom. The van der Waals surface area contributed by atoms with Gasteiger partial charge in [-0.25, -0.2) is 12.7 Å². The molecule has 1 aromatic carbocycles. The van der Waals surface area contributed by atoms with Crippen molar-refractivity contribution in [2.45, 2.75) is 24.3 Å². The zero-order valence-electron chi connectivity index (χ0n) is 10.8. The molecule has 1 rings (SSSR count). The minimum Gasteiger partial charge on any atom is -0.392 e. The van der Waals surface area contributed by atoms with Gasteiger partial charge in [-0.2, -0.15) is 0 Å². The van der Waals surface area contributed by atoms with Crippen LogP contribution in [-0.2, 0) is 16.6 Å². The lowest BCUT2D eigenvalue weighted by atomic mass is 10.2. The number of nitrogens with zero attached hydrogens (tertiary/aromatic N) is 1. The van der Waals surface area contributed by atoms with Crippen LogP contribution in [0.25, 0.3) is 0 Å². The van der Waals surface area contributed by atoms with E-state index in [1.54, 1.807) is 25.3 Å². The lowest BCUT2D eigenvalue weighted by molar-refractivity contribution is 0.281. The number of unbranched alkanes of at least 4 members (excludes halogenated alkanes) is 1. The molecule has 1 N–H and O–H groups in total. The van der Waals surface area contributed by atoms with Crippen LogP contribution in [0.5, 0.6) is 0 Å². The number of aliphatic hydroxyl groups is 1. The Bertz CT molecular complexity index is 543. The van der Waals surface area contributed by atoms with Crippen molar-refractivity contribution < 1.29 is 13.5 Å². The highest BCUT2D eigenvalue weighted by molar-refractivity contribution is 9.10. The van der Waals surface area contributed by atoms with Crippen molar-refractivity contribution in [1.29, 1.82) is 0 Å². The predicted molar refractivity (Wildman–Crippen MR) is 79.3 cm³/mol. The summed E-state index contributed by atoms with van der Waals surface area (Å²) in [7, 11) is -1.99. The maximum Gasteiger partial charge on any atom is 0.243 e. The number of rotatable bonds is 7. The van der Waals surface area contributed by atoms with E-state index < -0.39 is 10.0 Å². The van der Waals surface area contributed by atoms with Gasteiger partial charge < -0.3 is 5.11 Å². The smallest absolute Gasteiger partial charge is 0.243 e. The van der Waals surface area contributed by atoms with Gasteiger partial charge in [0.15, 0.2) is 0 Å². The molecule has 0 saturated carbocycles. The fraction of sp³-hybridized carbons (Fsp3) is 0.385. The van der Waals surface area contributed by atoms with Crippen molar-refractivity contribution in [3.05, 3.63) is 40.9 Å². The van der Waals surface area contributed by atoms with Gasteiger partial charge in [0.05, 0.1) is 11.5 Å². The van der Waals surface area contributed by atoms with Crippen LogP contribution in [0.3, 0.4) is 0 Å². The van der Waals surface area contributed by atoms with E-state index in [4.69, 9.17) is 5.11 Å². The second kappa shape index (κ2) is 7.19. The molecule has 0 saturated heterocycles. The minimum atomic E-state index is -3.54. The van der Waals surface area contributed by atoms with Crippen molar-refractivity contribution in [1.82, 2.24) is 4.31 Å². The zero-order chi connectivity index (χ0) is 14.5. The molecule has 0 amide bonds. The molecule has 19 heavy (non-hydrogen) atoms. The van der Waals surface area contributed by atoms with E-state index in [2.05, 4.69) is 22.5 Å². The molecule has 0 unspecified atom stereocenters. The van der Waals surface area contributed by atoms with Gasteiger partial charge in [-0.1, -0.05) is 12.1 Å². The van der Waals surface area contributed by atoms with Crippen LogP contribution in [0.2, 0.25) is 0 Å². The Morgan fingerprint density at radius 3 is 2.74 bits per heavy atom. The Kier molecular flexibility index (Phi) is 6.19. The standard InChI is InChI=1S/C13H18BrNO3S/c1-3-4-5-8-15(2)19(17,18)13-9-11(10-16)6-7-12(13)14/h3,6-7,9,16H,1,4-5,8,10H2,2H3. The Hall–Kier alpha value is -0.690. The van der Waals surface area contributed by atoms with Crippen LogP contribution in [0, 0.1) is 0 Å². The number of halogens is 1. The zero-order valence-corrected chi connectivity index (χ0v) is 13.2. The van der Waals surface area contributed by atoms with Crippen LogP contribution in [0.15, 0.2) is 40.2 Å². The van der Waals surface area contributed by atoms with Crippen molar-refractivity contribution in [2.75, 3.05) is 13.6 Å². The number of benzene rings is 1. The number of allylic oxidation sites excluding steroid dienone is 1. The lowest BCUT2D eigenvalue weighted by Crippen LogP contribution is -2.28. The molecule has 6 heteroatoms. The normalized spacial score (nSPS) is 11.8. The first kappa shape index (κ1) is 16.4. The molecular weight excluding hydrogens is 330 g/mol. The van der Waals surface area contributed by atoms with Crippen molar-refractivity contribution >= 4 is 26.0 Å². The third-order valence-electron chi connectivity index (χ3n) is 2.75. The van der Waals surface area contributed by atoms with E-state index in [1.807, 2.05) is 0 Å². The van der Waals surface area contributed by atoms with Crippen molar-refractivity contribution in [3.8, 4) is 0 Å². The lowest BCUT2D eigenvalue weighted by Gasteiger charge is -2.18. The number of sulfonamides is 1. The van der Waals surface area contributed by atoms with Gasteiger partial charge in [-0.15, -0.1) is 6.58 Å². The van der Waals surface area contributed by atoms with Crippen LogP contribution in [-0.4, -0.2) is 31.4 Å². The average Bonchev–Trinajstić information content (AvgIpc) is 2.39. The first-order valence-corrected chi connectivity index (χ1v) is 8.13. The minimum absolute atomic E-state index is 0.181. The summed E-state index contributed by atoms with van der Waals surface area (Å²) in [5.41, 5.74) is 0.571. The molecule has 106 valence electrons. The maximum atomic E-state index is 12.4. The van der Waals surface area contributed by atoms with Crippen LogP contribution in [0.4, 0.5) is 0 Å². The van der Waals surface area contributed by atoms with E-state index in [1.165, 1.54) is 10.4 Å². The molecule has 0 atom stereocenters. The molecular formula is C13H18BrNO3S. The largest absolute Gasteiger partial charge is 0.392 e. The SMILES string of the molecule is C=CCCCN(C)S(=O)(=O)c1cc(CO)ccc1Br. The Labute approximate surface area is 122 Å². The Balaban J connectivity index is 3.01. The monoisotopic (exact) mass is 347 g/mol. The quantitative estimate of drug-likeness (QED) is 0.609. The summed E-state index contributed by atoms with van der Waals surface area (Å²) in [6, 6.07) is 4.81. The summed E-state index contributed by atoms with van der Waals surface area (Å²) in [6.45, 7) is 3.86. The van der Waals surface area contributed by atoms with Crippen molar-refractivity contribution in [3.63, 3.8) is 0 Å². The third-order valence-corrected chi connectivity index (χ3v) is 5.60. The second-order valence-corrected chi connectivity index (χ2v) is 7.05. The summed E-state index contributed by atoms with van der Waals surface area (Å²) in [5, 5.41) is 9.10. The predicted octanol–water partition coefficient (Wildman–Crippen LogP) is 2.53. The van der Waals surface area contributed by atoms with E-state index >= 15 is 0 Å². The summed E-state index contributed by atoms with van der Waals surface area (Å²) in [4.78, 5) is 0.181. The molecule has 4 nitrogen and oxygen atoms in total. The van der Waals surface area contributed by atoms with Gasteiger partial charge in [0, 0.05) is 18.1 Å². The summed E-state index contributed by atoms with van der Waals surface area (Å²) in [5.74, 6) is 0. The van der Waals surface area contributed by atoms with Crippen LogP contribution >= 0.6 is 15.9 Å². The molecule has 0 aliphatic carbocycles. The topological polar surface area (TPSA) is 57.6 Å². The molecule has 0 spiro atoms. The van der Waals surface area contributed by atoms with E-state index in [-0.39, 0.29) is 11.5 Å². The maximum absolute atomic E-state index is 12.4. The number of hydrogen-bond acceptors (Lipinski definition) is 3. The van der Waals surface area contributed by atoms with Gasteiger partial charge >= 0.3 is 0 Å². The molecule has 0 aliphatic rings. The molecule has 0 fully saturated rings. The fourth-order valence-corrected chi connectivity index (χ4v) is 3.77. The van der Waals surface area contributed by atoms with Gasteiger partial charge in [-0.3, -0.25) is 0 Å². The molecule has 0 heterocycles. The van der Waals surface area contributed by atoms with Gasteiger partial charge in [0.1, 0.15) is 0 Å². The summed E-state index contributed by atoms with van der Waals surface area (Å²) < 4.78 is 26.6. The third kappa shape index (κ3) is 4.14. The molecule has 0 bridgehead atoms. The Morgan fingerprint density at radius 2 is 2.16 bits per heavy atom. The highest BCUT2D eigenvalue weighted by atomic mass is 79.9. The van der Waals surface area contributed by atoms with E-state index in [0.29, 0.717) is 16.6 Å². The summed E-state index contributed by atoms with van der Waals surface area (Å²) in [6.07, 6.45) is 3.27. The van der Waals surface area contributed by atoms with Gasteiger partial charge in [-0.05, 0) is 46.5 Å².